The molecule has 7 heteroatoms. The fourth-order valence-electron chi connectivity index (χ4n) is 2.26. The van der Waals surface area contributed by atoms with Gasteiger partial charge in [0.15, 0.2) is 5.60 Å². The second-order valence-electron chi connectivity index (χ2n) is 6.00. The number of nitrogens with zero attached hydrogens (tertiary/aromatic N) is 1. The van der Waals surface area contributed by atoms with Crippen molar-refractivity contribution in [3.8, 4) is 5.75 Å². The molecule has 0 saturated heterocycles. The van der Waals surface area contributed by atoms with Crippen LogP contribution in [-0.4, -0.2) is 23.6 Å². The number of hydrazone groups is 1. The van der Waals surface area contributed by atoms with Gasteiger partial charge in [-0.3, -0.25) is 9.59 Å². The number of fused-ring (bicyclic) bond motifs is 1. The Morgan fingerprint density at radius 1 is 1.28 bits per heavy atom. The maximum absolute atomic E-state index is 12.2. The van der Waals surface area contributed by atoms with Gasteiger partial charge in [-0.15, -0.1) is 0 Å². The van der Waals surface area contributed by atoms with E-state index in [1.165, 1.54) is 6.21 Å². The van der Waals surface area contributed by atoms with Crippen LogP contribution in [0.15, 0.2) is 47.6 Å². The number of benzene rings is 2. The minimum atomic E-state index is -0.948. The van der Waals surface area contributed by atoms with Gasteiger partial charge in [0, 0.05) is 16.1 Å². The summed E-state index contributed by atoms with van der Waals surface area (Å²) in [4.78, 5) is 24.2. The Morgan fingerprint density at radius 3 is 2.80 bits per heavy atom. The fourth-order valence-corrected chi connectivity index (χ4v) is 2.44. The Morgan fingerprint density at radius 2 is 2.04 bits per heavy atom. The molecule has 2 N–H and O–H groups in total. The molecule has 1 heterocycles. The van der Waals surface area contributed by atoms with Crippen LogP contribution in [0.2, 0.25) is 5.02 Å². The summed E-state index contributed by atoms with van der Waals surface area (Å²) in [5, 5.41) is 7.17. The first-order valence-electron chi connectivity index (χ1n) is 7.59. The minimum Gasteiger partial charge on any atom is -0.476 e. The van der Waals surface area contributed by atoms with Crippen molar-refractivity contribution >= 4 is 35.3 Å². The van der Waals surface area contributed by atoms with Crippen LogP contribution in [0.5, 0.6) is 5.75 Å². The van der Waals surface area contributed by atoms with Crippen molar-refractivity contribution in [1.29, 1.82) is 0 Å². The summed E-state index contributed by atoms with van der Waals surface area (Å²) >= 11 is 6.01. The van der Waals surface area contributed by atoms with Gasteiger partial charge in [-0.05, 0) is 38.1 Å². The molecular formula is C18H16ClN3O3. The van der Waals surface area contributed by atoms with E-state index in [0.29, 0.717) is 27.6 Å². The zero-order valence-corrected chi connectivity index (χ0v) is 14.4. The van der Waals surface area contributed by atoms with Crippen LogP contribution in [0, 0.1) is 0 Å². The van der Waals surface area contributed by atoms with Crippen molar-refractivity contribution in [2.75, 3.05) is 5.32 Å². The average Bonchev–Trinajstić information content (AvgIpc) is 2.57. The first kappa shape index (κ1) is 17.0. The lowest BCUT2D eigenvalue weighted by Crippen LogP contribution is -2.45. The van der Waals surface area contributed by atoms with E-state index in [1.54, 1.807) is 44.2 Å². The molecule has 25 heavy (non-hydrogen) atoms. The quantitative estimate of drug-likeness (QED) is 0.654. The number of carbonyl (C=O) groups excluding carboxylic acids is 2. The van der Waals surface area contributed by atoms with E-state index in [2.05, 4.69) is 15.8 Å². The van der Waals surface area contributed by atoms with Gasteiger partial charge < -0.3 is 10.1 Å². The number of hydrogen-bond donors (Lipinski definition) is 2. The number of halogens is 1. The van der Waals surface area contributed by atoms with Crippen molar-refractivity contribution < 1.29 is 14.3 Å². The van der Waals surface area contributed by atoms with E-state index in [0.717, 1.165) is 0 Å². The number of ether oxygens (including phenoxy) is 1. The Hall–Kier alpha value is -2.86. The molecule has 6 nitrogen and oxygen atoms in total. The van der Waals surface area contributed by atoms with Gasteiger partial charge in [-0.1, -0.05) is 29.8 Å². The second kappa shape index (κ2) is 6.57. The zero-order valence-electron chi connectivity index (χ0n) is 13.7. The standard InChI is InChI=1S/C18H16ClN3O3/c1-18(2)17(24)21-14-9-11(7-8-15(14)25-18)16(23)22-20-10-12-5-3-4-6-13(12)19/h3-10H,1-2H3,(H,21,24)(H,22,23). The van der Waals surface area contributed by atoms with Crippen molar-refractivity contribution in [2.45, 2.75) is 19.4 Å². The van der Waals surface area contributed by atoms with Crippen LogP contribution < -0.4 is 15.5 Å². The molecule has 0 aliphatic carbocycles. The van der Waals surface area contributed by atoms with Gasteiger partial charge in [0.25, 0.3) is 11.8 Å². The Bertz CT molecular complexity index is 878. The van der Waals surface area contributed by atoms with Crippen molar-refractivity contribution in [1.82, 2.24) is 5.43 Å². The number of amides is 2. The van der Waals surface area contributed by atoms with Crippen LogP contribution in [-0.2, 0) is 4.79 Å². The van der Waals surface area contributed by atoms with Crippen molar-refractivity contribution in [2.24, 2.45) is 5.10 Å². The van der Waals surface area contributed by atoms with E-state index >= 15 is 0 Å². The molecule has 1 aliphatic rings. The van der Waals surface area contributed by atoms with Gasteiger partial charge in [0.2, 0.25) is 0 Å². The molecule has 0 unspecified atom stereocenters. The molecule has 2 amide bonds. The van der Waals surface area contributed by atoms with E-state index in [1.807, 2.05) is 12.1 Å². The summed E-state index contributed by atoms with van der Waals surface area (Å²) in [5.74, 6) is -0.166. The van der Waals surface area contributed by atoms with Crippen LogP contribution in [0.3, 0.4) is 0 Å². The summed E-state index contributed by atoms with van der Waals surface area (Å²) in [6.07, 6.45) is 1.46. The molecule has 128 valence electrons. The highest BCUT2D eigenvalue weighted by molar-refractivity contribution is 6.33. The van der Waals surface area contributed by atoms with E-state index in [-0.39, 0.29) is 5.91 Å². The number of carbonyl (C=O) groups is 2. The molecule has 0 spiro atoms. The predicted molar refractivity (Wildman–Crippen MR) is 96.3 cm³/mol. The SMILES string of the molecule is CC1(C)Oc2ccc(C(=O)NN=Cc3ccccc3Cl)cc2NC1=O. The molecule has 0 radical (unpaired) electrons. The number of rotatable bonds is 3. The highest BCUT2D eigenvalue weighted by Crippen LogP contribution is 2.34. The third-order valence-corrected chi connectivity index (χ3v) is 4.02. The molecule has 0 aromatic heterocycles. The summed E-state index contributed by atoms with van der Waals surface area (Å²) in [6.45, 7) is 3.35. The first-order chi connectivity index (χ1) is 11.9. The van der Waals surface area contributed by atoms with Gasteiger partial charge in [0.1, 0.15) is 5.75 Å². The van der Waals surface area contributed by atoms with Gasteiger partial charge in [-0.25, -0.2) is 5.43 Å². The van der Waals surface area contributed by atoms with Gasteiger partial charge in [-0.2, -0.15) is 5.10 Å². The molecular weight excluding hydrogens is 342 g/mol. The van der Waals surface area contributed by atoms with E-state index in [9.17, 15) is 9.59 Å². The Balaban J connectivity index is 1.73. The summed E-state index contributed by atoms with van der Waals surface area (Å²) < 4.78 is 5.63. The lowest BCUT2D eigenvalue weighted by atomic mass is 10.0. The highest BCUT2D eigenvalue weighted by Gasteiger charge is 2.35. The topological polar surface area (TPSA) is 79.8 Å². The Labute approximate surface area is 149 Å². The minimum absolute atomic E-state index is 0.269. The number of nitrogens with one attached hydrogen (secondary N) is 2. The van der Waals surface area contributed by atoms with Crippen LogP contribution in [0.4, 0.5) is 5.69 Å². The zero-order chi connectivity index (χ0) is 18.0. The molecule has 0 saturated carbocycles. The van der Waals surface area contributed by atoms with Crippen LogP contribution >= 0.6 is 11.6 Å². The lowest BCUT2D eigenvalue weighted by Gasteiger charge is -2.31. The normalized spacial score (nSPS) is 15.2. The highest BCUT2D eigenvalue weighted by atomic mass is 35.5. The monoisotopic (exact) mass is 357 g/mol. The largest absolute Gasteiger partial charge is 0.476 e. The molecule has 0 atom stereocenters. The van der Waals surface area contributed by atoms with E-state index < -0.39 is 11.5 Å². The molecule has 2 aromatic rings. The average molecular weight is 358 g/mol. The smallest absolute Gasteiger partial charge is 0.271 e. The van der Waals surface area contributed by atoms with Crippen molar-refractivity contribution in [3.05, 3.63) is 58.6 Å². The summed E-state index contributed by atoms with van der Waals surface area (Å²) in [5.41, 5.74) is 2.97. The second-order valence-corrected chi connectivity index (χ2v) is 6.41. The fraction of sp³-hybridized carbons (Fsp3) is 0.167. The molecule has 0 fully saturated rings. The van der Waals surface area contributed by atoms with Gasteiger partial charge in [0.05, 0.1) is 11.9 Å². The summed E-state index contributed by atoms with van der Waals surface area (Å²) in [6, 6.07) is 11.9. The molecule has 0 bridgehead atoms. The maximum atomic E-state index is 12.2. The Kier molecular flexibility index (Phi) is 4.46. The molecule has 3 rings (SSSR count). The van der Waals surface area contributed by atoms with Gasteiger partial charge >= 0.3 is 0 Å². The molecule has 2 aromatic carbocycles. The number of anilines is 1. The van der Waals surface area contributed by atoms with Crippen LogP contribution in [0.1, 0.15) is 29.8 Å². The number of hydrogen-bond acceptors (Lipinski definition) is 4. The first-order valence-corrected chi connectivity index (χ1v) is 7.97. The third kappa shape index (κ3) is 3.64. The molecule has 1 aliphatic heterocycles. The third-order valence-electron chi connectivity index (χ3n) is 3.68. The van der Waals surface area contributed by atoms with Crippen LogP contribution in [0.25, 0.3) is 0 Å². The lowest BCUT2D eigenvalue weighted by molar-refractivity contribution is -0.129. The summed E-state index contributed by atoms with van der Waals surface area (Å²) in [7, 11) is 0. The predicted octanol–water partition coefficient (Wildman–Crippen LogP) is 3.21. The van der Waals surface area contributed by atoms with E-state index in [4.69, 9.17) is 16.3 Å². The maximum Gasteiger partial charge on any atom is 0.271 e. The van der Waals surface area contributed by atoms with Crippen molar-refractivity contribution in [3.63, 3.8) is 0 Å².